The van der Waals surface area contributed by atoms with E-state index < -0.39 is 5.60 Å². The van der Waals surface area contributed by atoms with Crippen molar-refractivity contribution in [1.29, 1.82) is 0 Å². The van der Waals surface area contributed by atoms with Gasteiger partial charge in [-0.2, -0.15) is 0 Å². The third-order valence-corrected chi connectivity index (χ3v) is 6.23. The van der Waals surface area contributed by atoms with E-state index in [0.717, 1.165) is 16.5 Å². The van der Waals surface area contributed by atoms with E-state index in [9.17, 15) is 14.7 Å². The molecule has 0 unspecified atom stereocenters. The van der Waals surface area contributed by atoms with Crippen molar-refractivity contribution >= 4 is 28.9 Å². The first-order valence-corrected chi connectivity index (χ1v) is 11.7. The molecule has 1 amide bonds. The van der Waals surface area contributed by atoms with Crippen LogP contribution in [-0.2, 0) is 11.3 Å². The van der Waals surface area contributed by atoms with E-state index in [4.69, 9.17) is 9.47 Å². The third kappa shape index (κ3) is 4.61. The molecule has 182 valence electrons. The van der Waals surface area contributed by atoms with Crippen LogP contribution in [0.5, 0.6) is 11.5 Å². The fourth-order valence-electron chi connectivity index (χ4n) is 4.44. The Morgan fingerprint density at radius 1 is 1.14 bits per heavy atom. The van der Waals surface area contributed by atoms with Crippen LogP contribution in [0.25, 0.3) is 17.0 Å². The number of benzene rings is 2. The molecular formula is C27H29N3O5. The SMILES string of the molecule is CC(C)(C)OC(=O)N1CCN(Cc2c(O)ccc3c2OC(=Cc2c[nH]c4ccccc24)C3=O)CC1. The van der Waals surface area contributed by atoms with Gasteiger partial charge in [0.15, 0.2) is 5.76 Å². The summed E-state index contributed by atoms with van der Waals surface area (Å²) >= 11 is 0. The molecule has 3 heterocycles. The van der Waals surface area contributed by atoms with Gasteiger partial charge in [-0.1, -0.05) is 18.2 Å². The second kappa shape index (κ2) is 8.78. The van der Waals surface area contributed by atoms with Crippen molar-refractivity contribution in [2.24, 2.45) is 0 Å². The van der Waals surface area contributed by atoms with E-state index in [2.05, 4.69) is 9.88 Å². The summed E-state index contributed by atoms with van der Waals surface area (Å²) in [5, 5.41) is 11.6. The molecule has 1 aromatic heterocycles. The minimum absolute atomic E-state index is 0.0828. The molecule has 2 aliphatic rings. The maximum atomic E-state index is 13.1. The predicted molar refractivity (Wildman–Crippen MR) is 132 cm³/mol. The molecule has 0 aliphatic carbocycles. The van der Waals surface area contributed by atoms with E-state index in [1.807, 2.05) is 51.2 Å². The molecule has 2 N–H and O–H groups in total. The number of aromatic amines is 1. The van der Waals surface area contributed by atoms with Crippen LogP contribution in [0.15, 0.2) is 48.4 Å². The number of carbonyl (C=O) groups is 2. The van der Waals surface area contributed by atoms with E-state index in [1.165, 1.54) is 0 Å². The molecule has 0 atom stereocenters. The van der Waals surface area contributed by atoms with E-state index in [0.29, 0.717) is 49.6 Å². The minimum Gasteiger partial charge on any atom is -0.507 e. The molecule has 5 rings (SSSR count). The fourth-order valence-corrected chi connectivity index (χ4v) is 4.44. The Bertz CT molecular complexity index is 1330. The Morgan fingerprint density at radius 2 is 1.89 bits per heavy atom. The standard InChI is InChI=1S/C27H29N3O5/c1-27(2,3)35-26(33)30-12-10-29(11-13-30)16-20-22(31)9-8-19-24(32)23(34-25(19)20)14-17-15-28-21-7-5-4-6-18(17)21/h4-9,14-15,28,31H,10-13,16H2,1-3H3. The lowest BCUT2D eigenvalue weighted by molar-refractivity contribution is 0.0138. The van der Waals surface area contributed by atoms with Crippen LogP contribution in [0.4, 0.5) is 4.79 Å². The van der Waals surface area contributed by atoms with Crippen molar-refractivity contribution in [3.05, 3.63) is 65.0 Å². The van der Waals surface area contributed by atoms with E-state index in [1.54, 1.807) is 23.1 Å². The number of aromatic nitrogens is 1. The van der Waals surface area contributed by atoms with Gasteiger partial charge in [-0.3, -0.25) is 9.69 Å². The highest BCUT2D eigenvalue weighted by atomic mass is 16.6. The Labute approximate surface area is 203 Å². The topological polar surface area (TPSA) is 95.1 Å². The van der Waals surface area contributed by atoms with Crippen LogP contribution >= 0.6 is 0 Å². The molecule has 0 spiro atoms. The van der Waals surface area contributed by atoms with Crippen LogP contribution in [0.3, 0.4) is 0 Å². The highest BCUT2D eigenvalue weighted by Crippen LogP contribution is 2.40. The van der Waals surface area contributed by atoms with Crippen LogP contribution in [0.2, 0.25) is 0 Å². The number of phenolic OH excluding ortho intramolecular Hbond substituents is 1. The van der Waals surface area contributed by atoms with E-state index >= 15 is 0 Å². The van der Waals surface area contributed by atoms with Crippen molar-refractivity contribution in [2.45, 2.75) is 32.9 Å². The lowest BCUT2D eigenvalue weighted by Gasteiger charge is -2.35. The van der Waals surface area contributed by atoms with Gasteiger partial charge >= 0.3 is 6.09 Å². The van der Waals surface area contributed by atoms with Crippen molar-refractivity contribution in [2.75, 3.05) is 26.2 Å². The first-order valence-electron chi connectivity index (χ1n) is 11.7. The number of para-hydroxylation sites is 1. The number of fused-ring (bicyclic) bond motifs is 2. The number of H-pyrrole nitrogens is 1. The summed E-state index contributed by atoms with van der Waals surface area (Å²) in [6.45, 7) is 8.24. The van der Waals surface area contributed by atoms with Gasteiger partial charge in [0, 0.05) is 55.4 Å². The molecule has 1 fully saturated rings. The lowest BCUT2D eigenvalue weighted by atomic mass is 10.0. The van der Waals surface area contributed by atoms with Crippen LogP contribution in [-0.4, -0.2) is 63.5 Å². The van der Waals surface area contributed by atoms with Crippen LogP contribution in [0.1, 0.15) is 42.3 Å². The Hall–Kier alpha value is -3.78. The predicted octanol–water partition coefficient (Wildman–Crippen LogP) is 4.54. The molecule has 2 aromatic carbocycles. The highest BCUT2D eigenvalue weighted by molar-refractivity contribution is 6.15. The number of rotatable bonds is 3. The number of piperazine rings is 1. The van der Waals surface area contributed by atoms with Crippen molar-refractivity contribution in [3.8, 4) is 11.5 Å². The highest BCUT2D eigenvalue weighted by Gasteiger charge is 2.33. The number of ether oxygens (including phenoxy) is 2. The second-order valence-corrected chi connectivity index (χ2v) is 9.91. The molecule has 8 nitrogen and oxygen atoms in total. The summed E-state index contributed by atoms with van der Waals surface area (Å²) < 4.78 is 11.5. The third-order valence-electron chi connectivity index (χ3n) is 6.23. The Balaban J connectivity index is 1.32. The van der Waals surface area contributed by atoms with Gasteiger partial charge in [-0.15, -0.1) is 0 Å². The van der Waals surface area contributed by atoms with Crippen LogP contribution in [0, 0.1) is 0 Å². The molecule has 8 heteroatoms. The van der Waals surface area contributed by atoms with Gasteiger partial charge < -0.3 is 24.5 Å². The number of nitrogens with one attached hydrogen (secondary N) is 1. The molecular weight excluding hydrogens is 446 g/mol. The fraction of sp³-hybridized carbons (Fsp3) is 0.333. The van der Waals surface area contributed by atoms with Gasteiger partial charge in [0.2, 0.25) is 5.78 Å². The molecule has 1 saturated heterocycles. The number of Topliss-reactive ketones (excluding diaryl/α,β-unsaturated/α-hetero) is 1. The number of amides is 1. The molecule has 2 aliphatic heterocycles. The first kappa shape index (κ1) is 23.0. The summed E-state index contributed by atoms with van der Waals surface area (Å²) in [4.78, 5) is 32.5. The molecule has 0 saturated carbocycles. The molecule has 3 aromatic rings. The van der Waals surface area contributed by atoms with Crippen molar-refractivity contribution in [1.82, 2.24) is 14.8 Å². The largest absolute Gasteiger partial charge is 0.507 e. The number of carbonyl (C=O) groups excluding carboxylic acids is 2. The zero-order chi connectivity index (χ0) is 24.7. The number of hydrogen-bond donors (Lipinski definition) is 2. The number of phenols is 1. The van der Waals surface area contributed by atoms with Gasteiger partial charge in [0.25, 0.3) is 0 Å². The van der Waals surface area contributed by atoms with E-state index in [-0.39, 0.29) is 23.4 Å². The van der Waals surface area contributed by atoms with Gasteiger partial charge in [-0.25, -0.2) is 4.79 Å². The number of hydrogen-bond acceptors (Lipinski definition) is 6. The average molecular weight is 476 g/mol. The Morgan fingerprint density at radius 3 is 2.63 bits per heavy atom. The normalized spacial score (nSPS) is 17.6. The summed E-state index contributed by atoms with van der Waals surface area (Å²) in [5.74, 6) is 0.503. The summed E-state index contributed by atoms with van der Waals surface area (Å²) in [6.07, 6.45) is 3.27. The smallest absolute Gasteiger partial charge is 0.410 e. The van der Waals surface area contributed by atoms with Gasteiger partial charge in [-0.05, 0) is 45.0 Å². The number of aromatic hydroxyl groups is 1. The first-order chi connectivity index (χ1) is 16.7. The average Bonchev–Trinajstić information content (AvgIpc) is 3.36. The Kier molecular flexibility index (Phi) is 5.76. The minimum atomic E-state index is -0.535. The van der Waals surface area contributed by atoms with Gasteiger partial charge in [0.05, 0.1) is 11.1 Å². The zero-order valence-corrected chi connectivity index (χ0v) is 20.1. The monoisotopic (exact) mass is 475 g/mol. The maximum Gasteiger partial charge on any atom is 0.410 e. The van der Waals surface area contributed by atoms with Crippen molar-refractivity contribution in [3.63, 3.8) is 0 Å². The zero-order valence-electron chi connectivity index (χ0n) is 20.1. The van der Waals surface area contributed by atoms with Gasteiger partial charge in [0.1, 0.15) is 17.1 Å². The summed E-state index contributed by atoms with van der Waals surface area (Å²) in [6, 6.07) is 11.0. The summed E-state index contributed by atoms with van der Waals surface area (Å²) in [7, 11) is 0. The van der Waals surface area contributed by atoms with Crippen LogP contribution < -0.4 is 4.74 Å². The number of nitrogens with zero attached hydrogens (tertiary/aromatic N) is 2. The summed E-state index contributed by atoms with van der Waals surface area (Å²) in [5.41, 5.74) is 2.32. The molecule has 0 bridgehead atoms. The number of allylic oxidation sites excluding steroid dienone is 1. The quantitative estimate of drug-likeness (QED) is 0.540. The number of ketones is 1. The van der Waals surface area contributed by atoms with Crippen molar-refractivity contribution < 1.29 is 24.2 Å². The lowest BCUT2D eigenvalue weighted by Crippen LogP contribution is -2.49. The molecule has 0 radical (unpaired) electrons. The maximum absolute atomic E-state index is 13.1. The second-order valence-electron chi connectivity index (χ2n) is 9.91. The molecule has 35 heavy (non-hydrogen) atoms.